The largest absolute Gasteiger partial charge is 0.416 e. The molecule has 0 aliphatic heterocycles. The fourth-order valence-electron chi connectivity index (χ4n) is 1.56. The van der Waals surface area contributed by atoms with Gasteiger partial charge in [-0.25, -0.2) is 4.98 Å². The van der Waals surface area contributed by atoms with Crippen LogP contribution >= 0.6 is 11.6 Å². The van der Waals surface area contributed by atoms with Gasteiger partial charge in [0.2, 0.25) is 0 Å². The molecule has 2 aromatic rings. The first-order valence-corrected chi connectivity index (χ1v) is 5.77. The first-order valence-electron chi connectivity index (χ1n) is 5.39. The van der Waals surface area contributed by atoms with Gasteiger partial charge in [0, 0.05) is 22.6 Å². The molecule has 0 aliphatic rings. The number of benzene rings is 1. The van der Waals surface area contributed by atoms with Crippen LogP contribution in [-0.4, -0.2) is 4.98 Å². The molecule has 1 heterocycles. The number of nitrogens with zero attached hydrogens (tertiary/aromatic N) is 2. The quantitative estimate of drug-likeness (QED) is 0.895. The fraction of sp³-hybridized carbons (Fsp3) is 0.0769. The predicted molar refractivity (Wildman–Crippen MR) is 68.7 cm³/mol. The highest BCUT2D eigenvalue weighted by Gasteiger charge is 2.31. The van der Waals surface area contributed by atoms with Crippen molar-refractivity contribution in [2.75, 3.05) is 5.32 Å². The van der Waals surface area contributed by atoms with E-state index in [1.165, 1.54) is 24.4 Å². The number of aromatic nitrogens is 1. The van der Waals surface area contributed by atoms with Crippen molar-refractivity contribution < 1.29 is 13.2 Å². The number of alkyl halides is 3. The Kier molecular flexibility index (Phi) is 3.81. The number of hydrogen-bond donors (Lipinski definition) is 1. The summed E-state index contributed by atoms with van der Waals surface area (Å²) in [6.07, 6.45) is -3.09. The molecule has 0 radical (unpaired) electrons. The van der Waals surface area contributed by atoms with E-state index in [4.69, 9.17) is 16.9 Å². The number of halogens is 4. The smallest absolute Gasteiger partial charge is 0.355 e. The molecule has 3 nitrogen and oxygen atoms in total. The molecule has 0 saturated carbocycles. The molecular formula is C13H7ClF3N3. The average Bonchev–Trinajstić information content (AvgIpc) is 2.37. The van der Waals surface area contributed by atoms with E-state index in [1.807, 2.05) is 6.07 Å². The van der Waals surface area contributed by atoms with E-state index in [0.717, 1.165) is 12.1 Å². The van der Waals surface area contributed by atoms with Gasteiger partial charge in [-0.15, -0.1) is 0 Å². The minimum Gasteiger partial charge on any atom is -0.355 e. The van der Waals surface area contributed by atoms with Crippen molar-refractivity contribution in [3.8, 4) is 6.07 Å². The summed E-state index contributed by atoms with van der Waals surface area (Å²) in [4.78, 5) is 3.77. The maximum absolute atomic E-state index is 12.7. The van der Waals surface area contributed by atoms with E-state index in [-0.39, 0.29) is 16.4 Å². The van der Waals surface area contributed by atoms with Crippen molar-refractivity contribution in [2.24, 2.45) is 0 Å². The lowest BCUT2D eigenvalue weighted by Gasteiger charge is -2.11. The standard InChI is InChI=1S/C13H7ClF3N3/c14-9-3-8(13(15,16)17)4-11(5-9)20-10-1-2-19-12(6-10)7-18/h1-6H,(H,19,20). The Hall–Kier alpha value is -2.26. The van der Waals surface area contributed by atoms with Gasteiger partial charge < -0.3 is 5.32 Å². The van der Waals surface area contributed by atoms with Gasteiger partial charge in [0.1, 0.15) is 11.8 Å². The van der Waals surface area contributed by atoms with Crippen molar-refractivity contribution >= 4 is 23.0 Å². The zero-order valence-corrected chi connectivity index (χ0v) is 10.6. The summed E-state index contributed by atoms with van der Waals surface area (Å²) in [5, 5.41) is 11.4. The molecule has 1 aromatic heterocycles. The number of nitriles is 1. The molecule has 2 rings (SSSR count). The Morgan fingerprint density at radius 1 is 1.15 bits per heavy atom. The van der Waals surface area contributed by atoms with E-state index < -0.39 is 11.7 Å². The van der Waals surface area contributed by atoms with Crippen LogP contribution in [0.2, 0.25) is 5.02 Å². The summed E-state index contributed by atoms with van der Waals surface area (Å²) in [5.41, 5.74) is -0.0537. The van der Waals surface area contributed by atoms with Crippen LogP contribution in [0.25, 0.3) is 0 Å². The summed E-state index contributed by atoms with van der Waals surface area (Å²) in [6, 6.07) is 7.96. The molecule has 7 heteroatoms. The summed E-state index contributed by atoms with van der Waals surface area (Å²) >= 11 is 5.68. The van der Waals surface area contributed by atoms with Crippen LogP contribution in [0, 0.1) is 11.3 Å². The van der Waals surface area contributed by atoms with Crippen LogP contribution in [-0.2, 0) is 6.18 Å². The summed E-state index contributed by atoms with van der Waals surface area (Å²) in [6.45, 7) is 0. The van der Waals surface area contributed by atoms with Gasteiger partial charge >= 0.3 is 6.18 Å². The maximum Gasteiger partial charge on any atom is 0.416 e. The number of nitrogens with one attached hydrogen (secondary N) is 1. The molecule has 0 amide bonds. The highest BCUT2D eigenvalue weighted by Crippen LogP contribution is 2.34. The van der Waals surface area contributed by atoms with Crippen LogP contribution < -0.4 is 5.32 Å². The van der Waals surface area contributed by atoms with Gasteiger partial charge in [0.25, 0.3) is 0 Å². The van der Waals surface area contributed by atoms with E-state index >= 15 is 0 Å². The third-order valence-corrected chi connectivity index (χ3v) is 2.61. The third-order valence-electron chi connectivity index (χ3n) is 2.39. The van der Waals surface area contributed by atoms with Gasteiger partial charge in [0.05, 0.1) is 5.56 Å². The van der Waals surface area contributed by atoms with Gasteiger partial charge in [-0.2, -0.15) is 18.4 Å². The molecule has 1 aromatic carbocycles. The molecule has 20 heavy (non-hydrogen) atoms. The lowest BCUT2D eigenvalue weighted by atomic mass is 10.2. The second-order valence-electron chi connectivity index (χ2n) is 3.89. The lowest BCUT2D eigenvalue weighted by Crippen LogP contribution is -2.05. The van der Waals surface area contributed by atoms with E-state index in [1.54, 1.807) is 0 Å². The molecule has 0 unspecified atom stereocenters. The number of pyridine rings is 1. The van der Waals surface area contributed by atoms with Gasteiger partial charge in [-0.05, 0) is 30.3 Å². The Bertz CT molecular complexity index is 677. The van der Waals surface area contributed by atoms with Crippen LogP contribution in [0.5, 0.6) is 0 Å². The molecule has 0 saturated heterocycles. The summed E-state index contributed by atoms with van der Waals surface area (Å²) < 4.78 is 38.0. The first-order chi connectivity index (χ1) is 9.38. The Morgan fingerprint density at radius 2 is 1.90 bits per heavy atom. The molecule has 0 bridgehead atoms. The molecule has 0 spiro atoms. The van der Waals surface area contributed by atoms with Crippen molar-refractivity contribution in [3.63, 3.8) is 0 Å². The fourth-order valence-corrected chi connectivity index (χ4v) is 1.80. The van der Waals surface area contributed by atoms with E-state index in [9.17, 15) is 13.2 Å². The monoisotopic (exact) mass is 297 g/mol. The normalized spacial score (nSPS) is 10.9. The molecule has 0 fully saturated rings. The molecule has 0 atom stereocenters. The van der Waals surface area contributed by atoms with Crippen molar-refractivity contribution in [1.82, 2.24) is 4.98 Å². The Morgan fingerprint density at radius 3 is 2.55 bits per heavy atom. The van der Waals surface area contributed by atoms with Gasteiger partial charge in [-0.3, -0.25) is 0 Å². The highest BCUT2D eigenvalue weighted by molar-refractivity contribution is 6.31. The Balaban J connectivity index is 2.34. The summed E-state index contributed by atoms with van der Waals surface area (Å²) in [7, 11) is 0. The zero-order valence-electron chi connectivity index (χ0n) is 9.87. The minimum atomic E-state index is -4.47. The van der Waals surface area contributed by atoms with Crippen LogP contribution in [0.15, 0.2) is 36.5 Å². The third kappa shape index (κ3) is 3.39. The van der Waals surface area contributed by atoms with Crippen molar-refractivity contribution in [3.05, 3.63) is 52.8 Å². The number of anilines is 2. The number of hydrogen-bond acceptors (Lipinski definition) is 3. The molecular weight excluding hydrogens is 291 g/mol. The second-order valence-corrected chi connectivity index (χ2v) is 4.33. The minimum absolute atomic E-state index is 0.0307. The second kappa shape index (κ2) is 5.39. The van der Waals surface area contributed by atoms with Crippen LogP contribution in [0.1, 0.15) is 11.3 Å². The first kappa shape index (κ1) is 14.2. The van der Waals surface area contributed by atoms with E-state index in [2.05, 4.69) is 10.3 Å². The summed E-state index contributed by atoms with van der Waals surface area (Å²) in [5.74, 6) is 0. The van der Waals surface area contributed by atoms with Gasteiger partial charge in [-0.1, -0.05) is 11.6 Å². The average molecular weight is 298 g/mol. The van der Waals surface area contributed by atoms with Crippen molar-refractivity contribution in [2.45, 2.75) is 6.18 Å². The SMILES string of the molecule is N#Cc1cc(Nc2cc(Cl)cc(C(F)(F)F)c2)ccn1. The molecule has 1 N–H and O–H groups in total. The van der Waals surface area contributed by atoms with Crippen molar-refractivity contribution in [1.29, 1.82) is 5.26 Å². The molecule has 102 valence electrons. The molecule has 0 aliphatic carbocycles. The zero-order chi connectivity index (χ0) is 14.8. The van der Waals surface area contributed by atoms with Crippen LogP contribution in [0.4, 0.5) is 24.5 Å². The Labute approximate surface area is 117 Å². The topological polar surface area (TPSA) is 48.7 Å². The highest BCUT2D eigenvalue weighted by atomic mass is 35.5. The van der Waals surface area contributed by atoms with E-state index in [0.29, 0.717) is 5.69 Å². The maximum atomic E-state index is 12.7. The van der Waals surface area contributed by atoms with Gasteiger partial charge in [0.15, 0.2) is 0 Å². The number of rotatable bonds is 2. The lowest BCUT2D eigenvalue weighted by molar-refractivity contribution is -0.137. The van der Waals surface area contributed by atoms with Crippen LogP contribution in [0.3, 0.4) is 0 Å². The predicted octanol–water partition coefficient (Wildman–Crippen LogP) is 4.37.